The van der Waals surface area contributed by atoms with Crippen molar-refractivity contribution in [1.82, 2.24) is 0 Å². The van der Waals surface area contributed by atoms with Gasteiger partial charge in [0.25, 0.3) is 0 Å². The topological polar surface area (TPSA) is 0 Å². The van der Waals surface area contributed by atoms with E-state index in [1.807, 2.05) is 6.08 Å². The lowest BCUT2D eigenvalue weighted by Gasteiger charge is -1.93. The second-order valence-corrected chi connectivity index (χ2v) is 2.10. The van der Waals surface area contributed by atoms with Crippen LogP contribution in [0.2, 0.25) is 0 Å². The Kier molecular flexibility index (Phi) is 3.77. The van der Waals surface area contributed by atoms with E-state index in [2.05, 4.69) is 26.8 Å². The smallest absolute Gasteiger partial charge is 0.0316 e. The van der Waals surface area contributed by atoms with Crippen molar-refractivity contribution >= 4 is 0 Å². The Balaban J connectivity index is 2.97. The second kappa shape index (κ2) is 3.91. The van der Waals surface area contributed by atoms with Gasteiger partial charge in [0, 0.05) is 0 Å². The molecular weight excluding hydrogens is 84.1 g/mol. The van der Waals surface area contributed by atoms with Crippen molar-refractivity contribution in [2.75, 3.05) is 0 Å². The molecule has 0 aliphatic rings. The summed E-state index contributed by atoms with van der Waals surface area (Å²) in [4.78, 5) is 0. The number of rotatable bonds is 2. The van der Waals surface area contributed by atoms with Crippen molar-refractivity contribution < 1.29 is 0 Å². The maximum atomic E-state index is 3.58. The Morgan fingerprint density at radius 3 is 2.29 bits per heavy atom. The molecule has 0 aliphatic heterocycles. The Morgan fingerprint density at radius 2 is 2.14 bits per heavy atom. The van der Waals surface area contributed by atoms with Gasteiger partial charge in [0.15, 0.2) is 0 Å². The molecule has 0 saturated heterocycles. The number of hydrogen-bond donors (Lipinski definition) is 0. The number of hydrogen-bond acceptors (Lipinski definition) is 0. The average molecular weight is 97.2 g/mol. The highest BCUT2D eigenvalue weighted by Gasteiger charge is 1.83. The van der Waals surface area contributed by atoms with E-state index in [-0.39, 0.29) is 0 Å². The fourth-order valence-corrected chi connectivity index (χ4v) is 0.368. The Bertz CT molecular complexity index is 51.1. The third-order valence-corrected chi connectivity index (χ3v) is 0.774. The van der Waals surface area contributed by atoms with Gasteiger partial charge in [0.2, 0.25) is 0 Å². The summed E-state index contributed by atoms with van der Waals surface area (Å²) in [7, 11) is 0. The first-order chi connectivity index (χ1) is 3.27. The highest BCUT2D eigenvalue weighted by molar-refractivity contribution is 4.83. The van der Waals surface area contributed by atoms with Gasteiger partial charge in [-0.1, -0.05) is 26.0 Å². The Morgan fingerprint density at radius 1 is 1.57 bits per heavy atom. The largest absolute Gasteiger partial charge is 0.0883 e. The van der Waals surface area contributed by atoms with Crippen LogP contribution in [-0.2, 0) is 0 Å². The van der Waals surface area contributed by atoms with E-state index in [9.17, 15) is 0 Å². The van der Waals surface area contributed by atoms with E-state index < -0.39 is 0 Å². The van der Waals surface area contributed by atoms with Crippen LogP contribution in [0.25, 0.3) is 0 Å². The Hall–Kier alpha value is -0.260. The van der Waals surface area contributed by atoms with Crippen LogP contribution < -0.4 is 0 Å². The summed E-state index contributed by atoms with van der Waals surface area (Å²) < 4.78 is 0. The van der Waals surface area contributed by atoms with E-state index in [1.165, 1.54) is 0 Å². The molecule has 0 spiro atoms. The molecule has 0 nitrogen and oxygen atoms in total. The molecule has 0 saturated carbocycles. The van der Waals surface area contributed by atoms with Crippen molar-refractivity contribution in [2.24, 2.45) is 5.92 Å². The zero-order valence-corrected chi connectivity index (χ0v) is 5.15. The van der Waals surface area contributed by atoms with Crippen LogP contribution in [0.4, 0.5) is 0 Å². The third-order valence-electron chi connectivity index (χ3n) is 0.774. The molecule has 0 aromatic heterocycles. The van der Waals surface area contributed by atoms with Crippen molar-refractivity contribution in [3.63, 3.8) is 0 Å². The predicted molar refractivity (Wildman–Crippen MR) is 34.0 cm³/mol. The molecule has 0 heteroatoms. The predicted octanol–water partition coefficient (Wildman–Crippen LogP) is 2.42. The highest BCUT2D eigenvalue weighted by atomic mass is 13.9. The molecule has 0 heterocycles. The maximum absolute atomic E-state index is 3.58. The van der Waals surface area contributed by atoms with E-state index in [1.54, 1.807) is 0 Å². The molecule has 0 amide bonds. The van der Waals surface area contributed by atoms with Crippen LogP contribution >= 0.6 is 0 Å². The molecule has 0 fully saturated rings. The number of allylic oxidation sites excluding steroid dienone is 2. The van der Waals surface area contributed by atoms with Crippen LogP contribution in [0.1, 0.15) is 20.3 Å². The van der Waals surface area contributed by atoms with Crippen molar-refractivity contribution in [2.45, 2.75) is 20.3 Å². The van der Waals surface area contributed by atoms with Gasteiger partial charge in [-0.2, -0.15) is 0 Å². The highest BCUT2D eigenvalue weighted by Crippen LogP contribution is 1.98. The van der Waals surface area contributed by atoms with Crippen molar-refractivity contribution in [3.05, 3.63) is 19.1 Å². The fraction of sp³-hybridized carbons (Fsp3) is 0.571. The molecule has 0 aromatic rings. The SMILES string of the molecule is [CH2]C=CCC(C)C. The first-order valence-corrected chi connectivity index (χ1v) is 2.71. The van der Waals surface area contributed by atoms with Crippen LogP contribution in [0.3, 0.4) is 0 Å². The molecule has 0 N–H and O–H groups in total. The molecule has 0 aliphatic carbocycles. The summed E-state index contributed by atoms with van der Waals surface area (Å²) in [5.74, 6) is 0.776. The molecule has 0 rings (SSSR count). The van der Waals surface area contributed by atoms with Gasteiger partial charge in [-0.25, -0.2) is 0 Å². The summed E-state index contributed by atoms with van der Waals surface area (Å²) in [6.45, 7) is 7.97. The third kappa shape index (κ3) is 5.74. The van der Waals surface area contributed by atoms with Crippen LogP contribution in [0.5, 0.6) is 0 Å². The Labute approximate surface area is 46.2 Å². The van der Waals surface area contributed by atoms with Gasteiger partial charge >= 0.3 is 0 Å². The summed E-state index contributed by atoms with van der Waals surface area (Å²) >= 11 is 0. The van der Waals surface area contributed by atoms with E-state index in [0.29, 0.717) is 0 Å². The van der Waals surface area contributed by atoms with Crippen molar-refractivity contribution in [3.8, 4) is 0 Å². The average Bonchev–Trinajstić information content (AvgIpc) is 1.61. The van der Waals surface area contributed by atoms with Gasteiger partial charge in [-0.05, 0) is 19.3 Å². The molecule has 41 valence electrons. The van der Waals surface area contributed by atoms with Gasteiger partial charge in [0.05, 0.1) is 0 Å². The normalized spacial score (nSPS) is 11.4. The molecular formula is C7H13. The van der Waals surface area contributed by atoms with Crippen LogP contribution in [0, 0.1) is 12.8 Å². The lowest BCUT2D eigenvalue weighted by Crippen LogP contribution is -1.79. The van der Waals surface area contributed by atoms with Gasteiger partial charge in [-0.15, -0.1) is 0 Å². The molecule has 0 aromatic carbocycles. The fourth-order valence-electron chi connectivity index (χ4n) is 0.368. The van der Waals surface area contributed by atoms with E-state index in [4.69, 9.17) is 0 Å². The van der Waals surface area contributed by atoms with Gasteiger partial charge in [0.1, 0.15) is 0 Å². The zero-order valence-electron chi connectivity index (χ0n) is 5.15. The quantitative estimate of drug-likeness (QED) is 0.496. The molecule has 0 unspecified atom stereocenters. The van der Waals surface area contributed by atoms with Gasteiger partial charge in [-0.3, -0.25) is 0 Å². The van der Waals surface area contributed by atoms with E-state index >= 15 is 0 Å². The standard InChI is InChI=1S/C7H13/c1-4-5-6-7(2)3/h4-5,7H,1,6H2,2-3H3. The first kappa shape index (κ1) is 6.74. The minimum atomic E-state index is 0.776. The molecule has 1 radical (unpaired) electrons. The zero-order chi connectivity index (χ0) is 5.70. The summed E-state index contributed by atoms with van der Waals surface area (Å²) in [5.41, 5.74) is 0. The van der Waals surface area contributed by atoms with E-state index in [0.717, 1.165) is 12.3 Å². The lowest BCUT2D eigenvalue weighted by atomic mass is 10.1. The summed E-state index contributed by atoms with van der Waals surface area (Å²) in [6.07, 6.45) is 5.09. The molecule has 7 heavy (non-hydrogen) atoms. The summed E-state index contributed by atoms with van der Waals surface area (Å²) in [6, 6.07) is 0. The van der Waals surface area contributed by atoms with Crippen LogP contribution in [0.15, 0.2) is 12.2 Å². The second-order valence-electron chi connectivity index (χ2n) is 2.10. The van der Waals surface area contributed by atoms with Gasteiger partial charge < -0.3 is 0 Å². The minimum absolute atomic E-state index is 0.776. The lowest BCUT2D eigenvalue weighted by molar-refractivity contribution is 0.664. The van der Waals surface area contributed by atoms with Crippen molar-refractivity contribution in [1.29, 1.82) is 0 Å². The molecule has 0 bridgehead atoms. The first-order valence-electron chi connectivity index (χ1n) is 2.71. The van der Waals surface area contributed by atoms with Crippen LogP contribution in [-0.4, -0.2) is 0 Å². The summed E-state index contributed by atoms with van der Waals surface area (Å²) in [5, 5.41) is 0. The molecule has 0 atom stereocenters. The minimum Gasteiger partial charge on any atom is -0.0883 e. The monoisotopic (exact) mass is 97.1 g/mol. The maximum Gasteiger partial charge on any atom is -0.0316 e.